The van der Waals surface area contributed by atoms with Crippen molar-refractivity contribution < 1.29 is 19.0 Å². The second-order valence-corrected chi connectivity index (χ2v) is 7.43. The van der Waals surface area contributed by atoms with Crippen molar-refractivity contribution in [3.8, 4) is 0 Å². The van der Waals surface area contributed by atoms with Gasteiger partial charge in [-0.2, -0.15) is 0 Å². The molecule has 1 amide bonds. The first kappa shape index (κ1) is 14.0. The van der Waals surface area contributed by atoms with Gasteiger partial charge in [0.25, 0.3) is 0 Å². The topological polar surface area (TPSA) is 48.0 Å². The number of fused-ring (bicyclic) bond motifs is 3. The zero-order valence-corrected chi connectivity index (χ0v) is 13.1. The molecule has 0 aromatic carbocycles. The van der Waals surface area contributed by atoms with Gasteiger partial charge in [0, 0.05) is 19.8 Å². The van der Waals surface area contributed by atoms with Crippen molar-refractivity contribution in [2.24, 2.45) is 0 Å². The van der Waals surface area contributed by atoms with Crippen LogP contribution >= 0.6 is 0 Å². The first-order valence-electron chi connectivity index (χ1n) is 8.25. The minimum Gasteiger partial charge on any atom is -0.348 e. The van der Waals surface area contributed by atoms with E-state index in [9.17, 15) is 4.79 Å². The Hall–Kier alpha value is -0.650. The lowest BCUT2D eigenvalue weighted by molar-refractivity contribution is -0.208. The van der Waals surface area contributed by atoms with Crippen molar-refractivity contribution in [3.63, 3.8) is 0 Å². The standard InChI is InChI=1S/C16H25NO4/c1-10(18)17-11-9-12-14(13(11)20-15(17,2)3)21-16(19-12)7-5-4-6-8-16/h11-14H,4-9H2,1-3H3/t11-,12-,13-,14-/m1/s1. The third-order valence-corrected chi connectivity index (χ3v) is 5.55. The number of hydrogen-bond acceptors (Lipinski definition) is 4. The molecular weight excluding hydrogens is 270 g/mol. The van der Waals surface area contributed by atoms with Crippen LogP contribution in [0.2, 0.25) is 0 Å². The number of hydrogen-bond donors (Lipinski definition) is 0. The number of amides is 1. The summed E-state index contributed by atoms with van der Waals surface area (Å²) in [5.74, 6) is -0.296. The van der Waals surface area contributed by atoms with E-state index in [1.165, 1.54) is 19.3 Å². The average Bonchev–Trinajstić information content (AvgIpc) is 2.95. The molecule has 2 saturated carbocycles. The van der Waals surface area contributed by atoms with E-state index in [-0.39, 0.29) is 36.0 Å². The molecule has 2 saturated heterocycles. The van der Waals surface area contributed by atoms with Gasteiger partial charge in [-0.05, 0) is 33.1 Å². The van der Waals surface area contributed by atoms with Gasteiger partial charge in [0.15, 0.2) is 5.79 Å². The second-order valence-electron chi connectivity index (χ2n) is 7.43. The molecular formula is C16H25NO4. The van der Waals surface area contributed by atoms with Gasteiger partial charge in [-0.3, -0.25) is 4.79 Å². The molecule has 4 rings (SSSR count). The molecule has 0 unspecified atom stereocenters. The van der Waals surface area contributed by atoms with E-state index in [1.807, 2.05) is 18.7 Å². The Morgan fingerprint density at radius 3 is 2.43 bits per heavy atom. The molecule has 21 heavy (non-hydrogen) atoms. The number of nitrogens with zero attached hydrogens (tertiary/aromatic N) is 1. The highest BCUT2D eigenvalue weighted by Crippen LogP contribution is 2.51. The lowest BCUT2D eigenvalue weighted by atomic mass is 9.94. The summed E-state index contributed by atoms with van der Waals surface area (Å²) in [6, 6.07) is 0.0911. The van der Waals surface area contributed by atoms with E-state index >= 15 is 0 Å². The molecule has 0 aromatic rings. The fourth-order valence-corrected chi connectivity index (χ4v) is 4.87. The fourth-order valence-electron chi connectivity index (χ4n) is 4.87. The Labute approximate surface area is 125 Å². The summed E-state index contributed by atoms with van der Waals surface area (Å²) < 4.78 is 18.9. The Balaban J connectivity index is 1.56. The van der Waals surface area contributed by atoms with Crippen molar-refractivity contribution in [1.29, 1.82) is 0 Å². The lowest BCUT2D eigenvalue weighted by Crippen LogP contribution is -2.47. The molecule has 2 heterocycles. The molecule has 4 fully saturated rings. The summed E-state index contributed by atoms with van der Waals surface area (Å²) in [5.41, 5.74) is -0.544. The molecule has 2 aliphatic carbocycles. The summed E-state index contributed by atoms with van der Waals surface area (Å²) >= 11 is 0. The summed E-state index contributed by atoms with van der Waals surface area (Å²) in [6.45, 7) is 5.55. The minimum absolute atomic E-state index is 0.0169. The van der Waals surface area contributed by atoms with E-state index in [2.05, 4.69) is 0 Å². The minimum atomic E-state index is -0.544. The van der Waals surface area contributed by atoms with Crippen LogP contribution in [0, 0.1) is 0 Å². The SMILES string of the molecule is CC(=O)N1[C@@H]2C[C@H]3OC4(CCCCC4)O[C@H]3[C@@H]2OC1(C)C. The van der Waals surface area contributed by atoms with Gasteiger partial charge in [0.1, 0.15) is 17.9 Å². The Kier molecular flexibility index (Phi) is 2.95. The van der Waals surface area contributed by atoms with Crippen molar-refractivity contribution in [2.45, 2.75) is 95.2 Å². The van der Waals surface area contributed by atoms with Crippen molar-refractivity contribution >= 4 is 5.91 Å². The Morgan fingerprint density at radius 2 is 1.76 bits per heavy atom. The van der Waals surface area contributed by atoms with Crippen LogP contribution in [-0.2, 0) is 19.0 Å². The zero-order chi connectivity index (χ0) is 14.8. The van der Waals surface area contributed by atoms with Crippen LogP contribution in [0.15, 0.2) is 0 Å². The largest absolute Gasteiger partial charge is 0.348 e. The normalized spacial score (nSPS) is 43.1. The molecule has 0 bridgehead atoms. The second kappa shape index (κ2) is 4.43. The lowest BCUT2D eigenvalue weighted by Gasteiger charge is -2.34. The quantitative estimate of drug-likeness (QED) is 0.687. The van der Waals surface area contributed by atoms with Gasteiger partial charge < -0.3 is 19.1 Å². The van der Waals surface area contributed by atoms with Crippen molar-refractivity contribution in [1.82, 2.24) is 4.90 Å². The predicted molar refractivity (Wildman–Crippen MR) is 75.4 cm³/mol. The van der Waals surface area contributed by atoms with Crippen LogP contribution < -0.4 is 0 Å². The number of rotatable bonds is 0. The molecule has 2 aliphatic heterocycles. The van der Waals surface area contributed by atoms with Crippen LogP contribution in [0.5, 0.6) is 0 Å². The van der Waals surface area contributed by atoms with Crippen LogP contribution in [0.25, 0.3) is 0 Å². The molecule has 4 aliphatic rings. The van der Waals surface area contributed by atoms with Gasteiger partial charge >= 0.3 is 0 Å². The van der Waals surface area contributed by atoms with E-state index in [0.29, 0.717) is 0 Å². The molecule has 0 aromatic heterocycles. The molecule has 5 heteroatoms. The fraction of sp³-hybridized carbons (Fsp3) is 0.938. The molecule has 118 valence electrons. The molecule has 0 radical (unpaired) electrons. The van der Waals surface area contributed by atoms with Gasteiger partial charge in [0.2, 0.25) is 5.91 Å². The van der Waals surface area contributed by atoms with Crippen LogP contribution in [0.3, 0.4) is 0 Å². The molecule has 5 nitrogen and oxygen atoms in total. The summed E-state index contributed by atoms with van der Waals surface area (Å²) in [4.78, 5) is 13.9. The zero-order valence-electron chi connectivity index (χ0n) is 13.1. The highest BCUT2D eigenvalue weighted by Gasteiger charge is 2.64. The number of carbonyl (C=O) groups is 1. The van der Waals surface area contributed by atoms with Gasteiger partial charge in [0.05, 0.1) is 12.1 Å². The van der Waals surface area contributed by atoms with Gasteiger partial charge in [-0.15, -0.1) is 0 Å². The third-order valence-electron chi connectivity index (χ3n) is 5.55. The van der Waals surface area contributed by atoms with E-state index < -0.39 is 5.72 Å². The maximum Gasteiger partial charge on any atom is 0.222 e. The number of ether oxygens (including phenoxy) is 3. The molecule has 0 N–H and O–H groups in total. The van der Waals surface area contributed by atoms with E-state index in [4.69, 9.17) is 14.2 Å². The Morgan fingerprint density at radius 1 is 1.05 bits per heavy atom. The monoisotopic (exact) mass is 295 g/mol. The smallest absolute Gasteiger partial charge is 0.222 e. The molecule has 4 atom stereocenters. The van der Waals surface area contributed by atoms with Gasteiger partial charge in [-0.1, -0.05) is 6.42 Å². The highest BCUT2D eigenvalue weighted by molar-refractivity contribution is 5.75. The van der Waals surface area contributed by atoms with Crippen LogP contribution in [0.4, 0.5) is 0 Å². The van der Waals surface area contributed by atoms with Crippen LogP contribution in [-0.4, -0.2) is 46.7 Å². The van der Waals surface area contributed by atoms with Gasteiger partial charge in [-0.25, -0.2) is 0 Å². The first-order chi connectivity index (χ1) is 9.92. The Bertz CT molecular complexity index is 457. The predicted octanol–water partition coefficient (Wildman–Crippen LogP) is 2.19. The maximum absolute atomic E-state index is 12.0. The summed E-state index contributed by atoms with van der Waals surface area (Å²) in [6.07, 6.45) is 6.48. The molecule has 1 spiro atoms. The first-order valence-corrected chi connectivity index (χ1v) is 8.25. The van der Waals surface area contributed by atoms with Crippen molar-refractivity contribution in [2.75, 3.05) is 0 Å². The summed E-state index contributed by atoms with van der Waals surface area (Å²) in [7, 11) is 0. The highest BCUT2D eigenvalue weighted by atomic mass is 16.8. The summed E-state index contributed by atoms with van der Waals surface area (Å²) in [5, 5.41) is 0. The van der Waals surface area contributed by atoms with E-state index in [1.54, 1.807) is 6.92 Å². The average molecular weight is 295 g/mol. The van der Waals surface area contributed by atoms with Crippen molar-refractivity contribution in [3.05, 3.63) is 0 Å². The maximum atomic E-state index is 12.0. The van der Waals surface area contributed by atoms with E-state index in [0.717, 1.165) is 19.3 Å². The third kappa shape index (κ3) is 1.97. The number of carbonyl (C=O) groups excluding carboxylic acids is 1. The van der Waals surface area contributed by atoms with Crippen LogP contribution in [0.1, 0.15) is 59.3 Å².